The average Bonchev–Trinajstić information content (AvgIpc) is 3.29. The van der Waals surface area contributed by atoms with Gasteiger partial charge in [0, 0.05) is 37.0 Å². The van der Waals surface area contributed by atoms with Gasteiger partial charge in [-0.1, -0.05) is 6.07 Å². The molecule has 6 heteroatoms. The number of aromatic nitrogens is 1. The molecule has 112 valence electrons. The van der Waals surface area contributed by atoms with Crippen LogP contribution in [-0.2, 0) is 4.79 Å². The molecule has 0 atom stereocenters. The molecule has 0 aliphatic heterocycles. The Kier molecular flexibility index (Phi) is 5.05. The van der Waals surface area contributed by atoms with Crippen LogP contribution in [-0.4, -0.2) is 53.0 Å². The van der Waals surface area contributed by atoms with Gasteiger partial charge in [0.2, 0.25) is 0 Å². The van der Waals surface area contributed by atoms with Crippen LogP contribution in [0.5, 0.6) is 0 Å². The van der Waals surface area contributed by atoms with Gasteiger partial charge in [-0.05, 0) is 32.0 Å². The Morgan fingerprint density at radius 2 is 2.29 bits per heavy atom. The normalized spacial score (nSPS) is 14.6. The molecule has 0 aromatic carbocycles. The number of carbonyl (C=O) groups is 2. The third-order valence-corrected chi connectivity index (χ3v) is 3.38. The third kappa shape index (κ3) is 4.68. The summed E-state index contributed by atoms with van der Waals surface area (Å²) in [4.78, 5) is 28.9. The zero-order valence-corrected chi connectivity index (χ0v) is 12.0. The van der Waals surface area contributed by atoms with Gasteiger partial charge in [0.25, 0.3) is 5.91 Å². The first kappa shape index (κ1) is 15.2. The van der Waals surface area contributed by atoms with E-state index in [0.717, 1.165) is 12.6 Å². The van der Waals surface area contributed by atoms with Crippen molar-refractivity contribution >= 4 is 18.0 Å². The number of hydrogen-bond donors (Lipinski definition) is 2. The van der Waals surface area contributed by atoms with Crippen LogP contribution >= 0.6 is 0 Å². The highest BCUT2D eigenvalue weighted by atomic mass is 16.4. The maximum Gasteiger partial charge on any atom is 0.328 e. The standard InChI is InChI=1S/C15H19N3O3/c1-18(12-5-6-12)10-9-17-15(21)14-11(3-2-8-16-14)4-7-13(19)20/h2-4,7-8,12H,5-6,9-10H2,1H3,(H,17,21)(H,19,20)/b7-4+. The molecule has 1 aliphatic carbocycles. The van der Waals surface area contributed by atoms with Gasteiger partial charge in [-0.25, -0.2) is 4.79 Å². The minimum absolute atomic E-state index is 0.240. The number of pyridine rings is 1. The number of aliphatic carboxylic acids is 1. The van der Waals surface area contributed by atoms with E-state index in [1.54, 1.807) is 12.1 Å². The molecule has 0 radical (unpaired) electrons. The second kappa shape index (κ2) is 6.99. The maximum atomic E-state index is 12.1. The fraction of sp³-hybridized carbons (Fsp3) is 0.400. The Bertz CT molecular complexity index is 553. The number of nitrogens with one attached hydrogen (secondary N) is 1. The summed E-state index contributed by atoms with van der Waals surface area (Å²) >= 11 is 0. The van der Waals surface area contributed by atoms with Gasteiger partial charge < -0.3 is 15.3 Å². The van der Waals surface area contributed by atoms with Crippen molar-refractivity contribution < 1.29 is 14.7 Å². The summed E-state index contributed by atoms with van der Waals surface area (Å²) in [6.45, 7) is 1.34. The van der Waals surface area contributed by atoms with Gasteiger partial charge in [-0.3, -0.25) is 9.78 Å². The number of carbonyl (C=O) groups excluding carboxylic acids is 1. The van der Waals surface area contributed by atoms with Crippen molar-refractivity contribution in [2.24, 2.45) is 0 Å². The number of carboxylic acids is 1. The summed E-state index contributed by atoms with van der Waals surface area (Å²) in [6, 6.07) is 3.99. The number of amides is 1. The summed E-state index contributed by atoms with van der Waals surface area (Å²) in [5.74, 6) is -1.35. The van der Waals surface area contributed by atoms with Crippen molar-refractivity contribution in [3.05, 3.63) is 35.7 Å². The molecule has 2 N–H and O–H groups in total. The quantitative estimate of drug-likeness (QED) is 0.732. The minimum atomic E-state index is -1.06. The lowest BCUT2D eigenvalue weighted by Gasteiger charge is -2.15. The molecule has 0 saturated heterocycles. The monoisotopic (exact) mass is 289 g/mol. The van der Waals surface area contributed by atoms with Crippen LogP contribution in [0.2, 0.25) is 0 Å². The van der Waals surface area contributed by atoms with E-state index in [1.165, 1.54) is 25.1 Å². The Hall–Kier alpha value is -2.21. The fourth-order valence-electron chi connectivity index (χ4n) is 2.03. The second-order valence-corrected chi connectivity index (χ2v) is 5.08. The molecule has 1 saturated carbocycles. The lowest BCUT2D eigenvalue weighted by molar-refractivity contribution is -0.131. The van der Waals surface area contributed by atoms with E-state index in [9.17, 15) is 9.59 Å². The van der Waals surface area contributed by atoms with Crippen molar-refractivity contribution in [1.82, 2.24) is 15.2 Å². The smallest absolute Gasteiger partial charge is 0.328 e. The molecule has 1 amide bonds. The molecule has 0 spiro atoms. The molecule has 0 bridgehead atoms. The van der Waals surface area contributed by atoms with Crippen molar-refractivity contribution in [2.45, 2.75) is 18.9 Å². The Morgan fingerprint density at radius 1 is 1.52 bits per heavy atom. The fourth-order valence-corrected chi connectivity index (χ4v) is 2.03. The highest BCUT2D eigenvalue weighted by molar-refractivity contribution is 5.97. The van der Waals surface area contributed by atoms with Crippen molar-refractivity contribution in [2.75, 3.05) is 20.1 Å². The van der Waals surface area contributed by atoms with E-state index in [-0.39, 0.29) is 11.6 Å². The second-order valence-electron chi connectivity index (χ2n) is 5.08. The third-order valence-electron chi connectivity index (χ3n) is 3.38. The van der Waals surface area contributed by atoms with Crippen LogP contribution in [0.4, 0.5) is 0 Å². The first-order valence-corrected chi connectivity index (χ1v) is 6.92. The van der Waals surface area contributed by atoms with E-state index >= 15 is 0 Å². The maximum absolute atomic E-state index is 12.1. The van der Waals surface area contributed by atoms with Gasteiger partial charge >= 0.3 is 5.97 Å². The summed E-state index contributed by atoms with van der Waals surface area (Å²) in [7, 11) is 2.05. The number of nitrogens with zero attached hydrogens (tertiary/aromatic N) is 2. The SMILES string of the molecule is CN(CCNC(=O)c1ncccc1/C=C/C(=O)O)C1CC1. The Morgan fingerprint density at radius 3 is 2.95 bits per heavy atom. The zero-order valence-electron chi connectivity index (χ0n) is 12.0. The largest absolute Gasteiger partial charge is 0.478 e. The lowest BCUT2D eigenvalue weighted by Crippen LogP contribution is -2.34. The van der Waals surface area contributed by atoms with Crippen LogP contribution < -0.4 is 5.32 Å². The van der Waals surface area contributed by atoms with E-state index < -0.39 is 5.97 Å². The van der Waals surface area contributed by atoms with Crippen LogP contribution in [0, 0.1) is 0 Å². The topological polar surface area (TPSA) is 82.5 Å². The predicted molar refractivity (Wildman–Crippen MR) is 78.9 cm³/mol. The number of hydrogen-bond acceptors (Lipinski definition) is 4. The number of carboxylic acid groups (broad SMARTS) is 1. The summed E-state index contributed by atoms with van der Waals surface area (Å²) in [5, 5.41) is 11.5. The first-order chi connectivity index (χ1) is 10.1. The highest BCUT2D eigenvalue weighted by Crippen LogP contribution is 2.24. The summed E-state index contributed by atoms with van der Waals surface area (Å²) in [6.07, 6.45) is 6.35. The molecule has 1 aliphatic rings. The van der Waals surface area contributed by atoms with E-state index in [1.807, 2.05) is 7.05 Å². The van der Waals surface area contributed by atoms with Gasteiger partial charge in [-0.15, -0.1) is 0 Å². The molecule has 1 fully saturated rings. The van der Waals surface area contributed by atoms with Gasteiger partial charge in [0.1, 0.15) is 5.69 Å². The van der Waals surface area contributed by atoms with Crippen molar-refractivity contribution in [3.8, 4) is 0 Å². The Labute approximate surface area is 123 Å². The lowest BCUT2D eigenvalue weighted by atomic mass is 10.1. The minimum Gasteiger partial charge on any atom is -0.478 e. The van der Waals surface area contributed by atoms with E-state index in [0.29, 0.717) is 18.2 Å². The van der Waals surface area contributed by atoms with E-state index in [2.05, 4.69) is 15.2 Å². The molecule has 6 nitrogen and oxygen atoms in total. The van der Waals surface area contributed by atoms with Crippen molar-refractivity contribution in [1.29, 1.82) is 0 Å². The molecule has 1 aromatic heterocycles. The summed E-state index contributed by atoms with van der Waals surface area (Å²) in [5.41, 5.74) is 0.733. The molecule has 21 heavy (non-hydrogen) atoms. The van der Waals surface area contributed by atoms with Gasteiger partial charge in [0.15, 0.2) is 0 Å². The molecule has 2 rings (SSSR count). The molecule has 0 unspecified atom stereocenters. The van der Waals surface area contributed by atoms with Crippen LogP contribution in [0.3, 0.4) is 0 Å². The predicted octanol–water partition coefficient (Wildman–Crippen LogP) is 1.00. The van der Waals surface area contributed by atoms with Crippen LogP contribution in [0.25, 0.3) is 6.08 Å². The van der Waals surface area contributed by atoms with Crippen LogP contribution in [0.1, 0.15) is 28.9 Å². The molecule has 1 aromatic rings. The zero-order chi connectivity index (χ0) is 15.2. The summed E-state index contributed by atoms with van der Waals surface area (Å²) < 4.78 is 0. The van der Waals surface area contributed by atoms with Gasteiger partial charge in [-0.2, -0.15) is 0 Å². The molecular weight excluding hydrogens is 270 g/mol. The highest BCUT2D eigenvalue weighted by Gasteiger charge is 2.25. The number of likely N-dealkylation sites (N-methyl/N-ethyl adjacent to an activating group) is 1. The molecular formula is C15H19N3O3. The van der Waals surface area contributed by atoms with Gasteiger partial charge in [0.05, 0.1) is 0 Å². The van der Waals surface area contributed by atoms with Crippen LogP contribution in [0.15, 0.2) is 24.4 Å². The number of rotatable bonds is 7. The van der Waals surface area contributed by atoms with E-state index in [4.69, 9.17) is 5.11 Å². The first-order valence-electron chi connectivity index (χ1n) is 6.92. The average molecular weight is 289 g/mol. The van der Waals surface area contributed by atoms with Crippen molar-refractivity contribution in [3.63, 3.8) is 0 Å². The Balaban J connectivity index is 1.93. The molecule has 1 heterocycles.